The monoisotopic (exact) mass is 261 g/mol. The van der Waals surface area contributed by atoms with Gasteiger partial charge in [-0.3, -0.25) is 9.59 Å². The van der Waals surface area contributed by atoms with Gasteiger partial charge in [-0.2, -0.15) is 0 Å². The Bertz CT molecular complexity index is 470. The van der Waals surface area contributed by atoms with Gasteiger partial charge in [0.1, 0.15) is 0 Å². The van der Waals surface area contributed by atoms with Gasteiger partial charge in [0, 0.05) is 30.3 Å². The molecule has 1 aliphatic carbocycles. The first-order valence-corrected chi connectivity index (χ1v) is 6.48. The number of anilines is 2. The zero-order chi connectivity index (χ0) is 13.8. The molecule has 2 unspecified atom stereocenters. The summed E-state index contributed by atoms with van der Waals surface area (Å²) >= 11 is 0. The molecule has 5 nitrogen and oxygen atoms in total. The molecule has 4 N–H and O–H groups in total. The van der Waals surface area contributed by atoms with Crippen molar-refractivity contribution < 1.29 is 9.59 Å². The molecule has 0 saturated heterocycles. The van der Waals surface area contributed by atoms with Crippen molar-refractivity contribution in [3.05, 3.63) is 24.3 Å². The first-order valence-electron chi connectivity index (χ1n) is 6.48. The van der Waals surface area contributed by atoms with Crippen molar-refractivity contribution in [2.45, 2.75) is 32.2 Å². The van der Waals surface area contributed by atoms with Crippen LogP contribution in [0.2, 0.25) is 0 Å². The highest BCUT2D eigenvalue weighted by atomic mass is 16.2. The summed E-state index contributed by atoms with van der Waals surface area (Å²) in [5.41, 5.74) is 7.25. The van der Waals surface area contributed by atoms with E-state index in [-0.39, 0.29) is 23.8 Å². The van der Waals surface area contributed by atoms with Gasteiger partial charge >= 0.3 is 0 Å². The smallest absolute Gasteiger partial charge is 0.227 e. The Morgan fingerprint density at radius 2 is 1.68 bits per heavy atom. The molecule has 0 spiro atoms. The largest absolute Gasteiger partial charge is 0.328 e. The highest BCUT2D eigenvalue weighted by Gasteiger charge is 2.27. The van der Waals surface area contributed by atoms with Crippen LogP contribution in [-0.2, 0) is 9.59 Å². The summed E-state index contributed by atoms with van der Waals surface area (Å²) < 4.78 is 0. The lowest BCUT2D eigenvalue weighted by Crippen LogP contribution is -2.23. The fourth-order valence-electron chi connectivity index (χ4n) is 2.34. The Hall–Kier alpha value is -1.88. The Labute approximate surface area is 112 Å². The summed E-state index contributed by atoms with van der Waals surface area (Å²) in [5.74, 6) is -0.0676. The molecular formula is C14H19N3O2. The lowest BCUT2D eigenvalue weighted by molar-refractivity contribution is -0.119. The lowest BCUT2D eigenvalue weighted by atomic mass is 10.1. The summed E-state index contributed by atoms with van der Waals surface area (Å²) in [4.78, 5) is 22.9. The van der Waals surface area contributed by atoms with Crippen LogP contribution >= 0.6 is 0 Å². The van der Waals surface area contributed by atoms with Crippen LogP contribution < -0.4 is 16.4 Å². The minimum absolute atomic E-state index is 0.0185. The van der Waals surface area contributed by atoms with Crippen LogP contribution in [0.25, 0.3) is 0 Å². The van der Waals surface area contributed by atoms with Crippen LogP contribution in [0.5, 0.6) is 0 Å². The van der Waals surface area contributed by atoms with E-state index in [2.05, 4.69) is 10.6 Å². The molecular weight excluding hydrogens is 242 g/mol. The number of carbonyl (C=O) groups excluding carboxylic acids is 2. The molecule has 0 radical (unpaired) electrons. The van der Waals surface area contributed by atoms with E-state index < -0.39 is 0 Å². The second kappa shape index (κ2) is 5.84. The van der Waals surface area contributed by atoms with E-state index in [9.17, 15) is 9.59 Å². The highest BCUT2D eigenvalue weighted by Crippen LogP contribution is 2.25. The first kappa shape index (κ1) is 13.5. The van der Waals surface area contributed by atoms with Gasteiger partial charge in [0.05, 0.1) is 0 Å². The Morgan fingerprint density at radius 1 is 1.11 bits per heavy atom. The standard InChI is InChI=1S/C14H19N3O2/c1-9(18)16-12-4-6-13(7-5-12)17-14(19)10-2-3-11(15)8-10/h4-7,10-11H,2-3,8,15H2,1H3,(H,16,18)(H,17,19). The Kier molecular flexibility index (Phi) is 4.16. The molecule has 1 fully saturated rings. The summed E-state index contributed by atoms with van der Waals surface area (Å²) in [5, 5.41) is 5.56. The molecule has 0 bridgehead atoms. The second-order valence-corrected chi connectivity index (χ2v) is 5.02. The van der Waals surface area contributed by atoms with Crippen molar-refractivity contribution >= 4 is 23.2 Å². The fourth-order valence-corrected chi connectivity index (χ4v) is 2.34. The summed E-state index contributed by atoms with van der Waals surface area (Å²) in [7, 11) is 0. The molecule has 1 aromatic rings. The van der Waals surface area contributed by atoms with Crippen molar-refractivity contribution in [1.29, 1.82) is 0 Å². The number of amides is 2. The lowest BCUT2D eigenvalue weighted by Gasteiger charge is -2.11. The van der Waals surface area contributed by atoms with E-state index in [1.54, 1.807) is 24.3 Å². The Morgan fingerprint density at radius 3 is 2.16 bits per heavy atom. The number of nitrogens with one attached hydrogen (secondary N) is 2. The van der Waals surface area contributed by atoms with Crippen molar-refractivity contribution in [2.75, 3.05) is 10.6 Å². The van der Waals surface area contributed by atoms with Crippen LogP contribution in [0.15, 0.2) is 24.3 Å². The van der Waals surface area contributed by atoms with E-state index in [1.165, 1.54) is 6.92 Å². The maximum atomic E-state index is 12.0. The van der Waals surface area contributed by atoms with Gasteiger partial charge in [-0.25, -0.2) is 0 Å². The van der Waals surface area contributed by atoms with Gasteiger partial charge in [0.25, 0.3) is 0 Å². The number of carbonyl (C=O) groups is 2. The second-order valence-electron chi connectivity index (χ2n) is 5.02. The number of rotatable bonds is 3. The molecule has 0 aliphatic heterocycles. The zero-order valence-electron chi connectivity index (χ0n) is 11.0. The van der Waals surface area contributed by atoms with Gasteiger partial charge in [-0.1, -0.05) is 0 Å². The molecule has 2 rings (SSSR count). The first-order chi connectivity index (χ1) is 9.04. The van der Waals surface area contributed by atoms with E-state index in [0.717, 1.165) is 24.9 Å². The molecule has 1 saturated carbocycles. The molecule has 102 valence electrons. The quantitative estimate of drug-likeness (QED) is 0.774. The molecule has 0 aromatic heterocycles. The molecule has 1 aromatic carbocycles. The van der Waals surface area contributed by atoms with Crippen LogP contribution in [0.4, 0.5) is 11.4 Å². The van der Waals surface area contributed by atoms with E-state index >= 15 is 0 Å². The van der Waals surface area contributed by atoms with E-state index in [1.807, 2.05) is 0 Å². The van der Waals surface area contributed by atoms with Crippen LogP contribution in [0.1, 0.15) is 26.2 Å². The van der Waals surface area contributed by atoms with Crippen LogP contribution in [0.3, 0.4) is 0 Å². The molecule has 19 heavy (non-hydrogen) atoms. The average Bonchev–Trinajstić information content (AvgIpc) is 2.78. The summed E-state index contributed by atoms with van der Waals surface area (Å²) in [6.45, 7) is 1.46. The van der Waals surface area contributed by atoms with Gasteiger partial charge in [0.15, 0.2) is 0 Å². The Balaban J connectivity index is 1.92. The van der Waals surface area contributed by atoms with Crippen molar-refractivity contribution in [3.8, 4) is 0 Å². The average molecular weight is 261 g/mol. The molecule has 2 amide bonds. The predicted molar refractivity (Wildman–Crippen MR) is 74.7 cm³/mol. The highest BCUT2D eigenvalue weighted by molar-refractivity contribution is 5.93. The van der Waals surface area contributed by atoms with Gasteiger partial charge in [0.2, 0.25) is 11.8 Å². The predicted octanol–water partition coefficient (Wildman–Crippen LogP) is 1.71. The third-order valence-corrected chi connectivity index (χ3v) is 3.32. The molecule has 0 heterocycles. The number of benzene rings is 1. The number of hydrogen-bond acceptors (Lipinski definition) is 3. The minimum atomic E-state index is -0.114. The van der Waals surface area contributed by atoms with E-state index in [4.69, 9.17) is 5.73 Å². The third kappa shape index (κ3) is 3.79. The van der Waals surface area contributed by atoms with Crippen molar-refractivity contribution in [3.63, 3.8) is 0 Å². The third-order valence-electron chi connectivity index (χ3n) is 3.32. The van der Waals surface area contributed by atoms with Crippen molar-refractivity contribution in [1.82, 2.24) is 0 Å². The molecule has 5 heteroatoms. The fraction of sp³-hybridized carbons (Fsp3) is 0.429. The van der Waals surface area contributed by atoms with E-state index in [0.29, 0.717) is 5.69 Å². The van der Waals surface area contributed by atoms with Gasteiger partial charge in [-0.05, 0) is 43.5 Å². The number of hydrogen-bond donors (Lipinski definition) is 3. The van der Waals surface area contributed by atoms with Crippen LogP contribution in [0, 0.1) is 5.92 Å². The summed E-state index contributed by atoms with van der Waals surface area (Å²) in [6.07, 6.45) is 2.53. The minimum Gasteiger partial charge on any atom is -0.328 e. The van der Waals surface area contributed by atoms with Crippen molar-refractivity contribution in [2.24, 2.45) is 11.7 Å². The van der Waals surface area contributed by atoms with Gasteiger partial charge < -0.3 is 16.4 Å². The van der Waals surface area contributed by atoms with Crippen LogP contribution in [-0.4, -0.2) is 17.9 Å². The topological polar surface area (TPSA) is 84.2 Å². The normalized spacial score (nSPS) is 22.0. The van der Waals surface area contributed by atoms with Gasteiger partial charge in [-0.15, -0.1) is 0 Å². The molecule has 2 atom stereocenters. The SMILES string of the molecule is CC(=O)Nc1ccc(NC(=O)C2CCC(N)C2)cc1. The summed E-state index contributed by atoms with van der Waals surface area (Å²) in [6, 6.07) is 7.23. The maximum absolute atomic E-state index is 12.0. The molecule has 1 aliphatic rings. The zero-order valence-corrected chi connectivity index (χ0v) is 11.0. The maximum Gasteiger partial charge on any atom is 0.227 e. The number of nitrogens with two attached hydrogens (primary N) is 1.